The van der Waals surface area contributed by atoms with Crippen LogP contribution in [0.5, 0.6) is 0 Å². The van der Waals surface area contributed by atoms with Crippen molar-refractivity contribution in [1.82, 2.24) is 20.5 Å². The van der Waals surface area contributed by atoms with Crippen LogP contribution in [0.1, 0.15) is 99.7 Å². The minimum atomic E-state index is -0.971. The van der Waals surface area contributed by atoms with Gasteiger partial charge in [-0.2, -0.15) is 0 Å². The zero-order chi connectivity index (χ0) is 51.0. The number of nitrogens with two attached hydrogens (primary N) is 2. The lowest BCUT2D eigenvalue weighted by Crippen LogP contribution is -2.58. The molecule has 3 aromatic carbocycles. The number of rotatable bonds is 22. The molecule has 16 nitrogen and oxygen atoms in total. The first kappa shape index (κ1) is 53.0. The van der Waals surface area contributed by atoms with Gasteiger partial charge in [-0.15, -0.1) is 11.3 Å². The number of nitrogens with zero attached hydrogens (tertiary/aromatic N) is 3. The summed E-state index contributed by atoms with van der Waals surface area (Å²) in [5.74, 6) is -2.37. The molecule has 0 unspecified atom stereocenters. The standard InChI is InChI=1S/C54H69N7O9S/c1-32-49(71-31-58-32)38-17-15-35(16-18-38)27-57-51(66)44-26-41(62)28-60(44)53(68)50(54(3,4)5)59-47(65)30-69-23-7-8-34-11-13-36(14-12-34)29-70-33(2)39(20-22-46(56)64)25-45(63)43-24-40-10-6-9-37-19-21-42(55)52(67)61(43)48(37)40/h6,9-18,31,33,39,41-44,50,62H,7-8,19-30,55H2,1-5H3,(H2,56,64)(H,57,66)(H,59,65)/t33-,39-,41+,42+,43+,44+,50-/m1/s1. The topological polar surface area (TPSA) is 237 Å². The van der Waals surface area contributed by atoms with Crippen LogP contribution in [0.4, 0.5) is 5.69 Å². The Hall–Kier alpha value is -5.85. The van der Waals surface area contributed by atoms with Crippen LogP contribution in [0.25, 0.3) is 10.4 Å². The van der Waals surface area contributed by atoms with Gasteiger partial charge in [-0.3, -0.25) is 33.7 Å². The highest BCUT2D eigenvalue weighted by molar-refractivity contribution is 7.13. The highest BCUT2D eigenvalue weighted by Crippen LogP contribution is 2.40. The average Bonchev–Trinajstić information content (AvgIpc) is 4.06. The Morgan fingerprint density at radius 2 is 1.68 bits per heavy atom. The first-order valence-electron chi connectivity index (χ1n) is 24.7. The maximum atomic E-state index is 14.0. The third kappa shape index (κ3) is 13.4. The van der Waals surface area contributed by atoms with Crippen molar-refractivity contribution in [2.24, 2.45) is 22.8 Å². The molecule has 7 N–H and O–H groups in total. The number of nitrogens with one attached hydrogen (secondary N) is 2. The lowest BCUT2D eigenvalue weighted by molar-refractivity contribution is -0.144. The van der Waals surface area contributed by atoms with Gasteiger partial charge in [0.2, 0.25) is 29.5 Å². The maximum absolute atomic E-state index is 14.0. The Balaban J connectivity index is 0.841. The number of para-hydroxylation sites is 1. The molecule has 5 amide bonds. The van der Waals surface area contributed by atoms with Crippen LogP contribution in [0.2, 0.25) is 0 Å². The van der Waals surface area contributed by atoms with Gasteiger partial charge >= 0.3 is 0 Å². The van der Waals surface area contributed by atoms with E-state index in [1.807, 2.05) is 107 Å². The monoisotopic (exact) mass is 991 g/mol. The summed E-state index contributed by atoms with van der Waals surface area (Å²) in [4.78, 5) is 88.4. The van der Waals surface area contributed by atoms with E-state index in [9.17, 15) is 33.9 Å². The molecule has 1 fully saturated rings. The number of aliphatic hydroxyl groups is 1. The number of carbonyl (C=O) groups excluding carboxylic acids is 6. The molecule has 0 aliphatic carbocycles. The van der Waals surface area contributed by atoms with E-state index in [2.05, 4.69) is 15.6 Å². The van der Waals surface area contributed by atoms with Crippen molar-refractivity contribution in [3.05, 3.63) is 106 Å². The molecule has 0 bridgehead atoms. The quantitative estimate of drug-likeness (QED) is 0.0668. The number of hydrogen-bond donors (Lipinski definition) is 5. The van der Waals surface area contributed by atoms with Crippen LogP contribution in [0, 0.1) is 18.3 Å². The van der Waals surface area contributed by atoms with Crippen LogP contribution >= 0.6 is 11.3 Å². The largest absolute Gasteiger partial charge is 0.391 e. The van der Waals surface area contributed by atoms with E-state index in [1.54, 1.807) is 16.2 Å². The van der Waals surface area contributed by atoms with Crippen molar-refractivity contribution in [3.8, 4) is 10.4 Å². The number of ether oxygens (including phenoxy) is 2. The first-order valence-corrected chi connectivity index (χ1v) is 25.6. The van der Waals surface area contributed by atoms with Gasteiger partial charge in [0.25, 0.3) is 0 Å². The van der Waals surface area contributed by atoms with Crippen molar-refractivity contribution in [1.29, 1.82) is 0 Å². The van der Waals surface area contributed by atoms with Crippen LogP contribution < -0.4 is 27.0 Å². The van der Waals surface area contributed by atoms with Crippen molar-refractivity contribution in [3.63, 3.8) is 0 Å². The van der Waals surface area contributed by atoms with Gasteiger partial charge < -0.3 is 41.6 Å². The van der Waals surface area contributed by atoms with Gasteiger partial charge in [0.05, 0.1) is 52.7 Å². The van der Waals surface area contributed by atoms with Gasteiger partial charge in [0.15, 0.2) is 5.78 Å². The summed E-state index contributed by atoms with van der Waals surface area (Å²) in [5.41, 5.74) is 20.6. The fourth-order valence-corrected chi connectivity index (χ4v) is 10.6. The van der Waals surface area contributed by atoms with Crippen LogP contribution in [0.3, 0.4) is 0 Å². The van der Waals surface area contributed by atoms with Crippen molar-refractivity contribution in [2.75, 3.05) is 24.7 Å². The third-order valence-corrected chi connectivity index (χ3v) is 14.9. The second kappa shape index (κ2) is 23.6. The van der Waals surface area contributed by atoms with Gasteiger partial charge in [-0.1, -0.05) is 87.5 Å². The highest BCUT2D eigenvalue weighted by atomic mass is 32.1. The normalized spacial score (nSPS) is 20.0. The van der Waals surface area contributed by atoms with Gasteiger partial charge in [0.1, 0.15) is 18.7 Å². The Kier molecular flexibility index (Phi) is 17.6. The summed E-state index contributed by atoms with van der Waals surface area (Å²) in [6.45, 7) is 9.92. The van der Waals surface area contributed by atoms with E-state index in [0.717, 1.165) is 49.6 Å². The van der Waals surface area contributed by atoms with Crippen LogP contribution in [-0.2, 0) is 70.7 Å². The molecule has 4 heterocycles. The molecular formula is C54H69N7O9S. The lowest BCUT2D eigenvalue weighted by atomic mass is 9.85. The minimum absolute atomic E-state index is 0.0233. The number of β-amino-alcohol motifs (C(OH)–C–C–N with tert-alkyl or cyclic N) is 1. The Morgan fingerprint density at radius 3 is 2.37 bits per heavy atom. The van der Waals surface area contributed by atoms with Crippen LogP contribution in [0.15, 0.2) is 72.2 Å². The number of aromatic nitrogens is 1. The van der Waals surface area contributed by atoms with Crippen molar-refractivity contribution < 1.29 is 43.3 Å². The minimum Gasteiger partial charge on any atom is -0.391 e. The number of ketones is 1. The predicted molar refractivity (Wildman–Crippen MR) is 271 cm³/mol. The summed E-state index contributed by atoms with van der Waals surface area (Å²) >= 11 is 1.57. The molecule has 0 saturated carbocycles. The molecule has 4 aromatic rings. The Morgan fingerprint density at radius 1 is 0.972 bits per heavy atom. The number of aryl methyl sites for hydroxylation is 3. The van der Waals surface area contributed by atoms with Crippen molar-refractivity contribution in [2.45, 2.75) is 142 Å². The summed E-state index contributed by atoms with van der Waals surface area (Å²) in [6, 6.07) is 18.5. The van der Waals surface area contributed by atoms with E-state index >= 15 is 0 Å². The summed E-state index contributed by atoms with van der Waals surface area (Å²) in [7, 11) is 0. The predicted octanol–water partition coefficient (Wildman–Crippen LogP) is 4.85. The average molecular weight is 992 g/mol. The molecule has 17 heteroatoms. The van der Waals surface area contributed by atoms with E-state index in [0.29, 0.717) is 45.1 Å². The number of hydrogen-bond acceptors (Lipinski definition) is 12. The fourth-order valence-electron chi connectivity index (χ4n) is 9.83. The number of anilines is 1. The van der Waals surface area contributed by atoms with E-state index < -0.39 is 53.4 Å². The first-order chi connectivity index (χ1) is 33.9. The third-order valence-electron chi connectivity index (χ3n) is 13.9. The van der Waals surface area contributed by atoms with Crippen molar-refractivity contribution >= 4 is 52.3 Å². The highest BCUT2D eigenvalue weighted by Gasteiger charge is 2.45. The molecule has 1 aromatic heterocycles. The molecule has 71 heavy (non-hydrogen) atoms. The zero-order valence-corrected chi connectivity index (χ0v) is 42.3. The van der Waals surface area contributed by atoms with Gasteiger partial charge in [-0.05, 0) is 90.7 Å². The molecule has 0 spiro atoms. The second-order valence-electron chi connectivity index (χ2n) is 20.4. The number of amides is 5. The number of thiazole rings is 1. The SMILES string of the molecule is Cc1ncsc1-c1ccc(CNC(=O)[C@@H]2C[C@H](O)CN2C(=O)[C@@H](NC(=O)COCCCc2ccc(CO[C@H](C)[C@H](CCC(N)=O)CC(=O)[C@@H]3Cc4cccc5c4N3C(=O)[C@@H](N)CC5)cc2)C(C)(C)C)cc1. The fraction of sp³-hybridized carbons (Fsp3) is 0.500. The number of carbonyl (C=O) groups is 6. The number of Topliss-reactive ketones (excluding diaryl/α,β-unsaturated/α-hetero) is 1. The van der Waals surface area contributed by atoms with Crippen LogP contribution in [-0.4, -0.2) is 106 Å². The molecule has 0 radical (unpaired) electrons. The van der Waals surface area contributed by atoms with E-state index in [4.69, 9.17) is 20.9 Å². The Labute approximate surface area is 420 Å². The molecule has 3 aliphatic rings. The lowest BCUT2D eigenvalue weighted by Gasteiger charge is -2.35. The molecular weight excluding hydrogens is 923 g/mol. The number of aliphatic hydroxyl groups excluding tert-OH is 1. The summed E-state index contributed by atoms with van der Waals surface area (Å²) < 4.78 is 12.0. The maximum Gasteiger partial charge on any atom is 0.246 e. The molecule has 1 saturated heterocycles. The molecule has 7 rings (SSSR count). The zero-order valence-electron chi connectivity index (χ0n) is 41.5. The molecule has 380 valence electrons. The van der Waals surface area contributed by atoms with Gasteiger partial charge in [-0.25, -0.2) is 4.98 Å². The summed E-state index contributed by atoms with van der Waals surface area (Å²) in [5, 5.41) is 16.4. The summed E-state index contributed by atoms with van der Waals surface area (Å²) in [6.07, 6.45) is 2.36. The van der Waals surface area contributed by atoms with Gasteiger partial charge in [0, 0.05) is 45.4 Å². The molecule has 7 atom stereocenters. The van der Waals surface area contributed by atoms with E-state index in [1.165, 1.54) is 4.90 Å². The number of benzene rings is 3. The molecule has 3 aliphatic heterocycles. The van der Waals surface area contributed by atoms with E-state index in [-0.39, 0.29) is 75.2 Å². The Bertz CT molecular complexity index is 2540. The number of primary amides is 1. The smallest absolute Gasteiger partial charge is 0.246 e. The number of likely N-dealkylation sites (tertiary alicyclic amines) is 1. The second-order valence-corrected chi connectivity index (χ2v) is 21.2.